The van der Waals surface area contributed by atoms with E-state index in [2.05, 4.69) is 13.8 Å². The number of ether oxygens (including phenoxy) is 1. The molecule has 0 aromatic carbocycles. The van der Waals surface area contributed by atoms with Gasteiger partial charge in [-0.1, -0.05) is 111 Å². The maximum absolute atomic E-state index is 13.9. The molecule has 2 heterocycles. The molecule has 1 aliphatic rings. The van der Waals surface area contributed by atoms with Crippen LogP contribution in [0.2, 0.25) is 0 Å². The second-order valence-electron chi connectivity index (χ2n) is 12.9. The van der Waals surface area contributed by atoms with Gasteiger partial charge in [0.15, 0.2) is 6.23 Å². The average molecular weight is 764 g/mol. The number of hydrogen-bond acceptors (Lipinski definition) is 11. The number of aromatic amines is 1. The van der Waals surface area contributed by atoms with E-state index in [4.69, 9.17) is 23.3 Å². The summed E-state index contributed by atoms with van der Waals surface area (Å²) < 4.78 is 49.9. The van der Waals surface area contributed by atoms with Gasteiger partial charge in [-0.3, -0.25) is 23.4 Å². The van der Waals surface area contributed by atoms with Gasteiger partial charge in [0.25, 0.3) is 5.56 Å². The Kier molecular flexibility index (Phi) is 26.3. The first-order valence-electron chi connectivity index (χ1n) is 18.4. The molecule has 0 bridgehead atoms. The van der Waals surface area contributed by atoms with Crippen molar-refractivity contribution in [2.24, 2.45) is 0 Å². The molecule has 16 heteroatoms. The standard InChI is InChI=1S/C34H62FN2O10PS.Na/c1-5-8-10-12-13-14-15-16-18-20-23-49-29(21-19-17-11-9-6-2)26(4)46-47-48(42,43-22-7-3)44-25-28-30(38)31(39)33(45-28)37-24-27(35)32(40)36-34(37)41;/h24,26,28-31,33,38-39H,5-23,25H2,1-4H3,(H,36,40,41);/t26?,28-,29?,30-,31-,33-,48?;/m1./s1. The fourth-order valence-corrected chi connectivity index (χ4v) is 8.06. The molecule has 1 fully saturated rings. The van der Waals surface area contributed by atoms with Gasteiger partial charge in [-0.25, -0.2) is 14.2 Å². The molecular weight excluding hydrogens is 701 g/mol. The van der Waals surface area contributed by atoms with Gasteiger partial charge >= 0.3 is 13.5 Å². The molecule has 0 saturated carbocycles. The largest absolute Gasteiger partial charge is 0.502 e. The molecule has 0 spiro atoms. The number of H-pyrrole nitrogens is 1. The maximum atomic E-state index is 13.9. The van der Waals surface area contributed by atoms with E-state index >= 15 is 0 Å². The molecule has 1 aromatic rings. The molecule has 50 heavy (non-hydrogen) atoms. The van der Waals surface area contributed by atoms with Gasteiger partial charge in [0.05, 0.1) is 19.4 Å². The molecule has 0 amide bonds. The second-order valence-corrected chi connectivity index (χ2v) is 15.8. The maximum Gasteiger partial charge on any atom is 0.502 e. The van der Waals surface area contributed by atoms with Crippen molar-refractivity contribution in [3.8, 4) is 0 Å². The van der Waals surface area contributed by atoms with Crippen molar-refractivity contribution < 1.29 is 42.5 Å². The third-order valence-electron chi connectivity index (χ3n) is 8.62. The fraction of sp³-hybridized carbons (Fsp3) is 0.882. The van der Waals surface area contributed by atoms with Gasteiger partial charge in [0.2, 0.25) is 5.82 Å². The molecule has 1 radical (unpaired) electrons. The topological polar surface area (TPSA) is 159 Å². The minimum atomic E-state index is -4.32. The van der Waals surface area contributed by atoms with Crippen molar-refractivity contribution in [2.45, 2.75) is 173 Å². The number of aliphatic hydroxyl groups is 2. The van der Waals surface area contributed by atoms with Crippen LogP contribution in [0.15, 0.2) is 15.8 Å². The van der Waals surface area contributed by atoms with E-state index in [-0.39, 0.29) is 41.4 Å². The summed E-state index contributed by atoms with van der Waals surface area (Å²) in [4.78, 5) is 31.1. The number of nitrogens with zero attached hydrogens (tertiary/aromatic N) is 1. The van der Waals surface area contributed by atoms with Crippen LogP contribution >= 0.6 is 19.6 Å². The Bertz CT molecular complexity index is 1200. The van der Waals surface area contributed by atoms with Crippen molar-refractivity contribution in [3.63, 3.8) is 0 Å². The van der Waals surface area contributed by atoms with Crippen LogP contribution in [0.4, 0.5) is 4.39 Å². The number of phosphoric acid groups is 1. The van der Waals surface area contributed by atoms with Crippen LogP contribution in [0.5, 0.6) is 0 Å². The molecule has 1 aromatic heterocycles. The minimum Gasteiger partial charge on any atom is -0.387 e. The van der Waals surface area contributed by atoms with Crippen LogP contribution in [-0.2, 0) is 27.9 Å². The fourth-order valence-electron chi connectivity index (χ4n) is 5.60. The third kappa shape index (κ3) is 17.8. The Hall–Kier alpha value is -0.0900. The number of rotatable bonds is 29. The van der Waals surface area contributed by atoms with Gasteiger partial charge in [0, 0.05) is 34.8 Å². The van der Waals surface area contributed by atoms with Crippen LogP contribution in [0, 0.1) is 5.82 Å². The summed E-state index contributed by atoms with van der Waals surface area (Å²) in [6.07, 6.45) is 14.0. The van der Waals surface area contributed by atoms with Gasteiger partial charge in [-0.15, -0.1) is 4.67 Å². The Morgan fingerprint density at radius 3 is 2.08 bits per heavy atom. The Labute approximate surface area is 324 Å². The van der Waals surface area contributed by atoms with E-state index in [0.29, 0.717) is 17.2 Å². The summed E-state index contributed by atoms with van der Waals surface area (Å²) in [6.45, 7) is 7.59. The van der Waals surface area contributed by atoms with Crippen molar-refractivity contribution >= 4 is 49.1 Å². The predicted molar refractivity (Wildman–Crippen MR) is 196 cm³/mol. The van der Waals surface area contributed by atoms with Gasteiger partial charge in [0.1, 0.15) is 24.4 Å². The zero-order chi connectivity index (χ0) is 36.1. The van der Waals surface area contributed by atoms with Crippen LogP contribution in [0.25, 0.3) is 0 Å². The number of aromatic nitrogens is 2. The summed E-state index contributed by atoms with van der Waals surface area (Å²) >= 11 is 1.84. The number of hydrogen-bond donors (Lipinski definition) is 3. The summed E-state index contributed by atoms with van der Waals surface area (Å²) in [5, 5.41) is 21.2. The van der Waals surface area contributed by atoms with Gasteiger partial charge in [-0.05, 0) is 31.9 Å². The normalized spacial score (nSPS) is 21.5. The molecule has 12 nitrogen and oxygen atoms in total. The zero-order valence-electron chi connectivity index (χ0n) is 31.0. The van der Waals surface area contributed by atoms with Crippen LogP contribution in [0.1, 0.15) is 143 Å². The first kappa shape index (κ1) is 47.9. The van der Waals surface area contributed by atoms with Crippen molar-refractivity contribution in [2.75, 3.05) is 19.0 Å². The Balaban J connectivity index is 0.0000125. The van der Waals surface area contributed by atoms with Gasteiger partial charge < -0.3 is 14.9 Å². The molecule has 3 N–H and O–H groups in total. The SMILES string of the molecule is CCCCCCCCCCCCSC(CCCCCCC)C(C)OOP(=O)(OCCC)OC[C@H]1O[C@@H](n2cc(F)c(=O)[nH]c2=O)[C@H](O)[C@@H]1O.[Na]. The number of phosphoric ester groups is 1. The van der Waals surface area contributed by atoms with Crippen LogP contribution < -0.4 is 11.2 Å². The number of nitrogens with one attached hydrogen (secondary N) is 1. The van der Waals surface area contributed by atoms with Crippen LogP contribution in [-0.4, -0.2) is 98.0 Å². The Morgan fingerprint density at radius 2 is 1.48 bits per heavy atom. The number of unbranched alkanes of at least 4 members (excludes halogenated alkanes) is 13. The zero-order valence-corrected chi connectivity index (χ0v) is 34.7. The van der Waals surface area contributed by atoms with E-state index in [1.807, 2.05) is 25.6 Å². The first-order chi connectivity index (χ1) is 23.6. The molecular formula is C34H62FN2NaO10PS. The molecule has 1 saturated heterocycles. The second kappa shape index (κ2) is 27.5. The quantitative estimate of drug-likeness (QED) is 0.0249. The summed E-state index contributed by atoms with van der Waals surface area (Å²) in [5.74, 6) is -0.282. The van der Waals surface area contributed by atoms with Crippen molar-refractivity contribution in [1.82, 2.24) is 9.55 Å². The molecule has 1 aliphatic heterocycles. The van der Waals surface area contributed by atoms with Crippen LogP contribution in [0.3, 0.4) is 0 Å². The number of aliphatic hydroxyl groups excluding tert-OH is 2. The Morgan fingerprint density at radius 1 is 0.900 bits per heavy atom. The number of halogens is 1. The van der Waals surface area contributed by atoms with E-state index in [9.17, 15) is 28.8 Å². The van der Waals surface area contributed by atoms with E-state index < -0.39 is 62.1 Å². The molecule has 287 valence electrons. The predicted octanol–water partition coefficient (Wildman–Crippen LogP) is 7.19. The van der Waals surface area contributed by atoms with E-state index in [0.717, 1.165) is 31.4 Å². The van der Waals surface area contributed by atoms with E-state index in [1.54, 1.807) is 4.98 Å². The summed E-state index contributed by atoms with van der Waals surface area (Å²) in [6, 6.07) is 0. The molecule has 2 rings (SSSR count). The average Bonchev–Trinajstić information content (AvgIpc) is 3.37. The van der Waals surface area contributed by atoms with Crippen molar-refractivity contribution in [1.29, 1.82) is 0 Å². The first-order valence-corrected chi connectivity index (χ1v) is 21.0. The number of thioether (sulfide) groups is 1. The third-order valence-corrected chi connectivity index (χ3v) is 11.4. The molecule has 0 aliphatic carbocycles. The molecule has 3 unspecified atom stereocenters. The summed E-state index contributed by atoms with van der Waals surface area (Å²) in [7, 11) is -4.32. The van der Waals surface area contributed by atoms with Crippen molar-refractivity contribution in [3.05, 3.63) is 32.9 Å². The minimum absolute atomic E-state index is 0. The van der Waals surface area contributed by atoms with Gasteiger partial charge in [-0.2, -0.15) is 16.2 Å². The molecule has 7 atom stereocenters. The smallest absolute Gasteiger partial charge is 0.387 e. The summed E-state index contributed by atoms with van der Waals surface area (Å²) in [5.41, 5.74) is -2.27. The monoisotopic (exact) mass is 763 g/mol. The van der Waals surface area contributed by atoms with E-state index in [1.165, 1.54) is 77.0 Å².